The van der Waals surface area contributed by atoms with Crippen LogP contribution >= 0.6 is 0 Å². The highest BCUT2D eigenvalue weighted by Gasteiger charge is 2.22. The van der Waals surface area contributed by atoms with E-state index in [0.29, 0.717) is 24.7 Å². The molecule has 7 nitrogen and oxygen atoms in total. The van der Waals surface area contributed by atoms with Crippen LogP contribution in [0.1, 0.15) is 0 Å². The number of benzene rings is 1. The zero-order valence-corrected chi connectivity index (χ0v) is 14.7. The first-order valence-corrected chi connectivity index (χ1v) is 8.43. The molecule has 1 fully saturated rings. The van der Waals surface area contributed by atoms with E-state index in [1.807, 2.05) is 30.3 Å². The van der Waals surface area contributed by atoms with Crippen LogP contribution in [0.15, 0.2) is 41.3 Å². The fourth-order valence-corrected chi connectivity index (χ4v) is 2.82. The predicted octanol–water partition coefficient (Wildman–Crippen LogP) is 1.01. The molecule has 1 saturated heterocycles. The molecule has 0 spiro atoms. The number of piperazine rings is 1. The van der Waals surface area contributed by atoms with E-state index >= 15 is 0 Å². The maximum atomic E-state index is 13.0. The quantitative estimate of drug-likeness (QED) is 0.729. The fourth-order valence-electron chi connectivity index (χ4n) is 2.82. The summed E-state index contributed by atoms with van der Waals surface area (Å²) in [5.41, 5.74) is 1.22. The van der Waals surface area contributed by atoms with E-state index in [9.17, 15) is 4.79 Å². The van der Waals surface area contributed by atoms with Gasteiger partial charge in [-0.25, -0.2) is 0 Å². The van der Waals surface area contributed by atoms with Crippen LogP contribution in [0.3, 0.4) is 0 Å². The number of aromatic nitrogens is 2. The van der Waals surface area contributed by atoms with Crippen LogP contribution in [-0.2, 0) is 4.74 Å². The number of ether oxygens (including phenoxy) is 2. The predicted molar refractivity (Wildman–Crippen MR) is 96.9 cm³/mol. The van der Waals surface area contributed by atoms with Crippen molar-refractivity contribution in [2.75, 3.05) is 58.5 Å². The molecule has 0 saturated carbocycles. The van der Waals surface area contributed by atoms with Crippen molar-refractivity contribution in [2.24, 2.45) is 0 Å². The van der Waals surface area contributed by atoms with Crippen LogP contribution in [0.5, 0.6) is 5.75 Å². The van der Waals surface area contributed by atoms with Crippen molar-refractivity contribution in [3.63, 3.8) is 0 Å². The number of nitrogens with zero attached hydrogens (tertiary/aromatic N) is 4. The van der Waals surface area contributed by atoms with E-state index in [0.717, 1.165) is 31.9 Å². The Bertz CT molecular complexity index is 740. The molecular weight excluding hydrogens is 320 g/mol. The summed E-state index contributed by atoms with van der Waals surface area (Å²) >= 11 is 0. The monoisotopic (exact) mass is 344 g/mol. The van der Waals surface area contributed by atoms with Crippen molar-refractivity contribution in [1.29, 1.82) is 0 Å². The molecule has 0 unspecified atom stereocenters. The first-order valence-electron chi connectivity index (χ1n) is 8.43. The van der Waals surface area contributed by atoms with Gasteiger partial charge in [0.2, 0.25) is 5.75 Å². The molecule has 7 heteroatoms. The molecule has 25 heavy (non-hydrogen) atoms. The second-order valence-electron chi connectivity index (χ2n) is 6.04. The van der Waals surface area contributed by atoms with Crippen LogP contribution in [0, 0.1) is 0 Å². The van der Waals surface area contributed by atoms with Gasteiger partial charge in [0, 0.05) is 33.3 Å². The number of methoxy groups -OCH3 is 1. The van der Waals surface area contributed by atoms with Gasteiger partial charge in [0.15, 0.2) is 0 Å². The zero-order chi connectivity index (χ0) is 17.6. The first-order chi connectivity index (χ1) is 12.2. The van der Waals surface area contributed by atoms with E-state index in [4.69, 9.17) is 9.47 Å². The van der Waals surface area contributed by atoms with E-state index in [1.165, 1.54) is 4.68 Å². The molecule has 2 aromatic rings. The maximum Gasteiger partial charge on any atom is 0.316 e. The lowest BCUT2D eigenvalue weighted by Gasteiger charge is -2.34. The third-order valence-corrected chi connectivity index (χ3v) is 4.29. The Kier molecular flexibility index (Phi) is 5.67. The molecule has 1 aliphatic heterocycles. The summed E-state index contributed by atoms with van der Waals surface area (Å²) in [6, 6.07) is 9.36. The Labute approximate surface area is 147 Å². The van der Waals surface area contributed by atoms with E-state index in [1.54, 1.807) is 13.3 Å². The van der Waals surface area contributed by atoms with Gasteiger partial charge in [-0.1, -0.05) is 18.2 Å². The van der Waals surface area contributed by atoms with Gasteiger partial charge < -0.3 is 19.3 Å². The summed E-state index contributed by atoms with van der Waals surface area (Å²) in [5.74, 6) is 0.334. The number of hydrogen-bond acceptors (Lipinski definition) is 6. The van der Waals surface area contributed by atoms with E-state index in [-0.39, 0.29) is 5.56 Å². The van der Waals surface area contributed by atoms with Gasteiger partial charge in [-0.15, -0.1) is 0 Å². The molecule has 2 heterocycles. The Morgan fingerprint density at radius 2 is 1.80 bits per heavy atom. The van der Waals surface area contributed by atoms with Gasteiger partial charge in [-0.05, 0) is 19.2 Å². The van der Waals surface area contributed by atoms with Crippen molar-refractivity contribution in [3.8, 4) is 11.4 Å². The highest BCUT2D eigenvalue weighted by atomic mass is 16.5. The first kappa shape index (κ1) is 17.4. The summed E-state index contributed by atoms with van der Waals surface area (Å²) in [7, 11) is 3.71. The topological polar surface area (TPSA) is 59.8 Å². The zero-order valence-electron chi connectivity index (χ0n) is 14.7. The number of anilines is 1. The van der Waals surface area contributed by atoms with E-state index < -0.39 is 0 Å². The van der Waals surface area contributed by atoms with Crippen LogP contribution in [0.4, 0.5) is 5.69 Å². The second-order valence-corrected chi connectivity index (χ2v) is 6.04. The highest BCUT2D eigenvalue weighted by Crippen LogP contribution is 2.25. The van der Waals surface area contributed by atoms with Crippen molar-refractivity contribution in [1.82, 2.24) is 14.7 Å². The Balaban J connectivity index is 1.97. The molecule has 134 valence electrons. The normalized spacial score (nSPS) is 15.4. The van der Waals surface area contributed by atoms with Crippen LogP contribution in [0.25, 0.3) is 5.69 Å². The third-order valence-electron chi connectivity index (χ3n) is 4.29. The molecule has 0 amide bonds. The molecule has 1 aromatic heterocycles. The van der Waals surface area contributed by atoms with Crippen molar-refractivity contribution < 1.29 is 9.47 Å². The van der Waals surface area contributed by atoms with E-state index in [2.05, 4.69) is 21.9 Å². The summed E-state index contributed by atoms with van der Waals surface area (Å²) in [6.07, 6.45) is 1.72. The van der Waals surface area contributed by atoms with Crippen molar-refractivity contribution in [2.45, 2.75) is 0 Å². The third kappa shape index (κ3) is 4.00. The Morgan fingerprint density at radius 1 is 1.08 bits per heavy atom. The maximum absolute atomic E-state index is 13.0. The highest BCUT2D eigenvalue weighted by molar-refractivity contribution is 5.57. The summed E-state index contributed by atoms with van der Waals surface area (Å²) in [5, 5.41) is 4.37. The standard InChI is InChI=1S/C18H24N4O3/c1-20-8-10-21(11-9-20)16-14-19-22(15-6-4-3-5-7-15)18(23)17(16)25-13-12-24-2/h3-7,14H,8-13H2,1-2H3. The summed E-state index contributed by atoms with van der Waals surface area (Å²) in [4.78, 5) is 17.4. The number of likely N-dealkylation sites (N-methyl/N-ethyl adjacent to an activating group) is 1. The minimum absolute atomic E-state index is 0.251. The van der Waals surface area contributed by atoms with Gasteiger partial charge in [0.1, 0.15) is 12.3 Å². The molecule has 3 rings (SSSR count). The molecule has 0 radical (unpaired) electrons. The molecular formula is C18H24N4O3. The number of hydrogen-bond donors (Lipinski definition) is 0. The average Bonchev–Trinajstić information content (AvgIpc) is 2.64. The Hall–Kier alpha value is -2.38. The van der Waals surface area contributed by atoms with Crippen molar-refractivity contribution in [3.05, 3.63) is 46.9 Å². The van der Waals surface area contributed by atoms with Crippen LogP contribution < -0.4 is 15.2 Å². The fraction of sp³-hybridized carbons (Fsp3) is 0.444. The average molecular weight is 344 g/mol. The Morgan fingerprint density at radius 3 is 2.48 bits per heavy atom. The lowest BCUT2D eigenvalue weighted by molar-refractivity contribution is 0.145. The van der Waals surface area contributed by atoms with Gasteiger partial charge in [0.25, 0.3) is 0 Å². The summed E-state index contributed by atoms with van der Waals surface area (Å²) < 4.78 is 12.2. The lowest BCUT2D eigenvalue weighted by atomic mass is 10.2. The molecule has 0 N–H and O–H groups in total. The number of rotatable bonds is 6. The number of para-hydroxylation sites is 1. The van der Waals surface area contributed by atoms with Crippen molar-refractivity contribution >= 4 is 5.69 Å². The molecule has 0 bridgehead atoms. The molecule has 0 aliphatic carbocycles. The largest absolute Gasteiger partial charge is 0.484 e. The lowest BCUT2D eigenvalue weighted by Crippen LogP contribution is -2.45. The minimum Gasteiger partial charge on any atom is -0.484 e. The van der Waals surface area contributed by atoms with Crippen LogP contribution in [0.2, 0.25) is 0 Å². The molecule has 1 aromatic carbocycles. The molecule has 0 atom stereocenters. The van der Waals surface area contributed by atoms with Gasteiger partial charge in [0.05, 0.1) is 18.5 Å². The van der Waals surface area contributed by atoms with Gasteiger partial charge in [-0.2, -0.15) is 9.78 Å². The smallest absolute Gasteiger partial charge is 0.316 e. The van der Waals surface area contributed by atoms with Gasteiger partial charge >= 0.3 is 5.56 Å². The minimum atomic E-state index is -0.251. The van der Waals surface area contributed by atoms with Crippen LogP contribution in [-0.4, -0.2) is 68.2 Å². The SMILES string of the molecule is COCCOc1c(N2CCN(C)CC2)cnn(-c2ccccc2)c1=O. The summed E-state index contributed by atoms with van der Waals surface area (Å²) in [6.45, 7) is 4.32. The van der Waals surface area contributed by atoms with Gasteiger partial charge in [-0.3, -0.25) is 4.79 Å². The second kappa shape index (κ2) is 8.13. The molecule has 1 aliphatic rings.